The number of hydrogen-bond donors (Lipinski definition) is 1. The summed E-state index contributed by atoms with van der Waals surface area (Å²) < 4.78 is 1.54. The van der Waals surface area contributed by atoms with E-state index in [1.807, 2.05) is 43.3 Å². The minimum Gasteiger partial charge on any atom is -0.349 e. The zero-order valence-electron chi connectivity index (χ0n) is 18.2. The van der Waals surface area contributed by atoms with Crippen molar-refractivity contribution in [2.75, 3.05) is 5.75 Å². The summed E-state index contributed by atoms with van der Waals surface area (Å²) in [6, 6.07) is 18.8. The van der Waals surface area contributed by atoms with Crippen LogP contribution >= 0.6 is 11.8 Å². The Morgan fingerprint density at radius 2 is 1.84 bits per heavy atom. The SMILES string of the molecule is Cc1ccc([C@H](C)NC(=O)CSc2nc3ncccc3c(=O)n2-c2ccccc2)cc1C. The maximum atomic E-state index is 13.2. The zero-order chi connectivity index (χ0) is 22.7. The number of aromatic nitrogens is 3. The molecule has 2 heterocycles. The lowest BCUT2D eigenvalue weighted by Crippen LogP contribution is -2.29. The Balaban J connectivity index is 1.58. The van der Waals surface area contributed by atoms with Gasteiger partial charge in [-0.1, -0.05) is 48.2 Å². The Bertz CT molecular complexity index is 1340. The third-order valence-corrected chi connectivity index (χ3v) is 6.31. The van der Waals surface area contributed by atoms with Gasteiger partial charge in [-0.2, -0.15) is 0 Å². The van der Waals surface area contributed by atoms with Gasteiger partial charge in [-0.05, 0) is 61.7 Å². The van der Waals surface area contributed by atoms with E-state index in [0.717, 1.165) is 5.56 Å². The number of pyridine rings is 1. The molecule has 4 aromatic rings. The molecule has 6 nitrogen and oxygen atoms in total. The van der Waals surface area contributed by atoms with Crippen LogP contribution in [0.5, 0.6) is 0 Å². The van der Waals surface area contributed by atoms with Gasteiger partial charge in [-0.25, -0.2) is 9.97 Å². The molecule has 0 radical (unpaired) electrons. The second-order valence-corrected chi connectivity index (χ2v) is 8.61. The molecule has 0 aliphatic heterocycles. The predicted octanol–water partition coefficient (Wildman–Crippen LogP) is 4.37. The molecule has 1 amide bonds. The monoisotopic (exact) mass is 444 g/mol. The second kappa shape index (κ2) is 9.36. The zero-order valence-corrected chi connectivity index (χ0v) is 19.0. The van der Waals surface area contributed by atoms with Crippen LogP contribution in [-0.4, -0.2) is 26.2 Å². The van der Waals surface area contributed by atoms with Crippen molar-refractivity contribution >= 4 is 28.7 Å². The van der Waals surface area contributed by atoms with Crippen molar-refractivity contribution in [3.8, 4) is 5.69 Å². The first-order valence-corrected chi connectivity index (χ1v) is 11.3. The Labute approximate surface area is 190 Å². The van der Waals surface area contributed by atoms with Crippen LogP contribution < -0.4 is 10.9 Å². The number of aryl methyl sites for hydroxylation is 2. The van der Waals surface area contributed by atoms with E-state index in [1.165, 1.54) is 27.5 Å². The number of benzene rings is 2. The van der Waals surface area contributed by atoms with E-state index in [9.17, 15) is 9.59 Å². The Hall–Kier alpha value is -3.45. The van der Waals surface area contributed by atoms with Gasteiger partial charge in [0.15, 0.2) is 10.8 Å². The lowest BCUT2D eigenvalue weighted by Gasteiger charge is -2.16. The molecule has 0 aliphatic carbocycles. The number of fused-ring (bicyclic) bond motifs is 1. The molecule has 0 unspecified atom stereocenters. The fourth-order valence-corrected chi connectivity index (χ4v) is 4.24. The van der Waals surface area contributed by atoms with Crippen molar-refractivity contribution in [3.05, 3.63) is 93.9 Å². The van der Waals surface area contributed by atoms with Crippen LogP contribution in [-0.2, 0) is 4.79 Å². The van der Waals surface area contributed by atoms with E-state index >= 15 is 0 Å². The highest BCUT2D eigenvalue weighted by Crippen LogP contribution is 2.21. The first-order valence-electron chi connectivity index (χ1n) is 10.4. The van der Waals surface area contributed by atoms with E-state index in [0.29, 0.717) is 21.9 Å². The van der Waals surface area contributed by atoms with Crippen LogP contribution in [0.15, 0.2) is 76.8 Å². The summed E-state index contributed by atoms with van der Waals surface area (Å²) in [5.74, 6) is 0.00277. The Kier molecular flexibility index (Phi) is 6.37. The molecule has 162 valence electrons. The number of thioether (sulfide) groups is 1. The summed E-state index contributed by atoms with van der Waals surface area (Å²) in [5, 5.41) is 3.90. The molecule has 1 atom stereocenters. The van der Waals surface area contributed by atoms with Crippen molar-refractivity contribution in [2.24, 2.45) is 0 Å². The van der Waals surface area contributed by atoms with Crippen molar-refractivity contribution < 1.29 is 4.79 Å². The van der Waals surface area contributed by atoms with Gasteiger partial charge in [-0.15, -0.1) is 0 Å². The van der Waals surface area contributed by atoms with Gasteiger partial charge in [0.25, 0.3) is 5.56 Å². The van der Waals surface area contributed by atoms with Gasteiger partial charge in [0, 0.05) is 6.20 Å². The average Bonchev–Trinajstić information content (AvgIpc) is 2.80. The molecule has 1 N–H and O–H groups in total. The van der Waals surface area contributed by atoms with E-state index in [1.54, 1.807) is 18.3 Å². The molecule has 32 heavy (non-hydrogen) atoms. The van der Waals surface area contributed by atoms with Crippen molar-refractivity contribution in [2.45, 2.75) is 32.0 Å². The molecule has 0 saturated carbocycles. The highest BCUT2D eigenvalue weighted by Gasteiger charge is 2.16. The molecule has 2 aromatic carbocycles. The Morgan fingerprint density at radius 1 is 1.06 bits per heavy atom. The summed E-state index contributed by atoms with van der Waals surface area (Å²) in [6.07, 6.45) is 1.61. The number of rotatable bonds is 6. The number of nitrogens with zero attached hydrogens (tertiary/aromatic N) is 3. The number of amides is 1. The summed E-state index contributed by atoms with van der Waals surface area (Å²) in [6.45, 7) is 6.09. The van der Waals surface area contributed by atoms with E-state index in [2.05, 4.69) is 41.3 Å². The van der Waals surface area contributed by atoms with Gasteiger partial charge < -0.3 is 5.32 Å². The first kappa shape index (κ1) is 21.8. The molecule has 0 fully saturated rings. The molecule has 0 spiro atoms. The number of hydrogen-bond acceptors (Lipinski definition) is 5. The van der Waals surface area contributed by atoms with Crippen LogP contribution in [0.3, 0.4) is 0 Å². The second-order valence-electron chi connectivity index (χ2n) is 7.67. The van der Waals surface area contributed by atoms with Gasteiger partial charge in [0.1, 0.15) is 0 Å². The normalized spacial score (nSPS) is 12.0. The first-order chi connectivity index (χ1) is 15.4. The topological polar surface area (TPSA) is 76.9 Å². The summed E-state index contributed by atoms with van der Waals surface area (Å²) in [5.41, 5.74) is 4.33. The standard InChI is InChI=1S/C25H24N4O2S/c1-16-11-12-19(14-17(16)2)18(3)27-22(30)15-32-25-28-23-21(10-7-13-26-23)24(31)29(25)20-8-5-4-6-9-20/h4-14,18H,15H2,1-3H3,(H,27,30)/t18-/m0/s1. The van der Waals surface area contributed by atoms with Crippen LogP contribution in [0, 0.1) is 13.8 Å². The molecule has 0 saturated heterocycles. The molecule has 0 aliphatic rings. The van der Waals surface area contributed by atoms with Crippen molar-refractivity contribution in [1.82, 2.24) is 19.9 Å². The summed E-state index contributed by atoms with van der Waals surface area (Å²) >= 11 is 1.22. The average molecular weight is 445 g/mol. The summed E-state index contributed by atoms with van der Waals surface area (Å²) in [7, 11) is 0. The molecule has 2 aromatic heterocycles. The van der Waals surface area contributed by atoms with E-state index in [-0.39, 0.29) is 23.3 Å². The van der Waals surface area contributed by atoms with Gasteiger partial charge in [-0.3, -0.25) is 14.2 Å². The van der Waals surface area contributed by atoms with Crippen LogP contribution in [0.1, 0.15) is 29.7 Å². The molecule has 4 rings (SSSR count). The minimum atomic E-state index is -0.208. The van der Waals surface area contributed by atoms with Gasteiger partial charge in [0.2, 0.25) is 5.91 Å². The van der Waals surface area contributed by atoms with Crippen LogP contribution in [0.2, 0.25) is 0 Å². The highest BCUT2D eigenvalue weighted by atomic mass is 32.2. The smallest absolute Gasteiger partial charge is 0.268 e. The largest absolute Gasteiger partial charge is 0.349 e. The number of para-hydroxylation sites is 1. The van der Waals surface area contributed by atoms with Gasteiger partial charge >= 0.3 is 0 Å². The number of carbonyl (C=O) groups excluding carboxylic acids is 1. The fourth-order valence-electron chi connectivity index (χ4n) is 3.43. The molecular formula is C25H24N4O2S. The van der Waals surface area contributed by atoms with E-state index in [4.69, 9.17) is 0 Å². The minimum absolute atomic E-state index is 0.120. The van der Waals surface area contributed by atoms with Crippen molar-refractivity contribution in [1.29, 1.82) is 0 Å². The number of carbonyl (C=O) groups is 1. The molecule has 7 heteroatoms. The molecular weight excluding hydrogens is 420 g/mol. The molecule has 0 bridgehead atoms. The number of nitrogens with one attached hydrogen (secondary N) is 1. The van der Waals surface area contributed by atoms with Crippen LogP contribution in [0.25, 0.3) is 16.7 Å². The maximum Gasteiger partial charge on any atom is 0.268 e. The highest BCUT2D eigenvalue weighted by molar-refractivity contribution is 7.99. The predicted molar refractivity (Wildman–Crippen MR) is 128 cm³/mol. The fraction of sp³-hybridized carbons (Fsp3) is 0.200. The lowest BCUT2D eigenvalue weighted by molar-refractivity contribution is -0.119. The Morgan fingerprint density at radius 3 is 2.59 bits per heavy atom. The quantitative estimate of drug-likeness (QED) is 0.353. The van der Waals surface area contributed by atoms with Crippen LogP contribution in [0.4, 0.5) is 0 Å². The van der Waals surface area contributed by atoms with Gasteiger partial charge in [0.05, 0.1) is 22.9 Å². The maximum absolute atomic E-state index is 13.2. The third-order valence-electron chi connectivity index (χ3n) is 5.37. The lowest BCUT2D eigenvalue weighted by atomic mass is 10.0. The van der Waals surface area contributed by atoms with E-state index < -0.39 is 0 Å². The summed E-state index contributed by atoms with van der Waals surface area (Å²) in [4.78, 5) is 34.7. The van der Waals surface area contributed by atoms with Crippen molar-refractivity contribution in [3.63, 3.8) is 0 Å². The third kappa shape index (κ3) is 4.57.